The van der Waals surface area contributed by atoms with Gasteiger partial charge in [-0.15, -0.1) is 0 Å². The van der Waals surface area contributed by atoms with Crippen molar-refractivity contribution in [1.82, 2.24) is 0 Å². The highest BCUT2D eigenvalue weighted by atomic mass is 16.5. The molecule has 1 rings (SSSR count). The lowest BCUT2D eigenvalue weighted by molar-refractivity contribution is -0.154. The van der Waals surface area contributed by atoms with Crippen LogP contribution in [-0.4, -0.2) is 17.2 Å². The van der Waals surface area contributed by atoms with Gasteiger partial charge in [0.2, 0.25) is 0 Å². The van der Waals surface area contributed by atoms with Crippen LogP contribution < -0.4 is 0 Å². The predicted molar refractivity (Wildman–Crippen MR) is 76.1 cm³/mol. The van der Waals surface area contributed by atoms with Crippen LogP contribution in [0.5, 0.6) is 0 Å². The Morgan fingerprint density at radius 3 is 2.47 bits per heavy atom. The number of hydrogen-bond acceptors (Lipinski definition) is 2. The van der Waals surface area contributed by atoms with Crippen LogP contribution in [0.25, 0.3) is 0 Å². The van der Waals surface area contributed by atoms with Crippen LogP contribution in [0.4, 0.5) is 0 Å². The quantitative estimate of drug-likeness (QED) is 0.680. The third-order valence-electron chi connectivity index (χ3n) is 3.16. The fraction of sp³-hybridized carbons (Fsp3) is 0.562. The van der Waals surface area contributed by atoms with E-state index < -0.39 is 12.1 Å². The maximum absolute atomic E-state index is 11.3. The first-order valence-corrected chi connectivity index (χ1v) is 7.08. The summed E-state index contributed by atoms with van der Waals surface area (Å²) in [4.78, 5) is 11.3. The molecule has 3 heteroatoms. The van der Waals surface area contributed by atoms with Crippen LogP contribution in [-0.2, 0) is 9.53 Å². The molecule has 0 fully saturated rings. The predicted octanol–water partition coefficient (Wildman–Crippen LogP) is 4.19. The molecule has 0 saturated carbocycles. The molecule has 1 aromatic rings. The Hall–Kier alpha value is -1.35. The maximum atomic E-state index is 11.3. The van der Waals surface area contributed by atoms with Gasteiger partial charge in [-0.1, -0.05) is 62.9 Å². The van der Waals surface area contributed by atoms with E-state index in [1.165, 1.54) is 19.3 Å². The molecule has 106 valence electrons. The van der Waals surface area contributed by atoms with E-state index in [4.69, 9.17) is 4.74 Å². The van der Waals surface area contributed by atoms with Crippen LogP contribution >= 0.6 is 0 Å². The van der Waals surface area contributed by atoms with E-state index in [9.17, 15) is 9.90 Å². The topological polar surface area (TPSA) is 46.5 Å². The molecule has 19 heavy (non-hydrogen) atoms. The minimum absolute atomic E-state index is 0.0295. The van der Waals surface area contributed by atoms with Gasteiger partial charge in [0.15, 0.2) is 6.10 Å². The number of hydrogen-bond donors (Lipinski definition) is 1. The summed E-state index contributed by atoms with van der Waals surface area (Å²) >= 11 is 0. The average Bonchev–Trinajstić information content (AvgIpc) is 2.41. The van der Waals surface area contributed by atoms with Crippen LogP contribution in [0.2, 0.25) is 0 Å². The molecule has 0 aliphatic heterocycles. The van der Waals surface area contributed by atoms with Crippen molar-refractivity contribution in [3.05, 3.63) is 35.9 Å². The number of aliphatic carboxylic acids is 1. The molecule has 0 heterocycles. The van der Waals surface area contributed by atoms with E-state index in [1.807, 2.05) is 25.1 Å². The van der Waals surface area contributed by atoms with Crippen molar-refractivity contribution in [3.8, 4) is 0 Å². The van der Waals surface area contributed by atoms with Gasteiger partial charge < -0.3 is 9.84 Å². The van der Waals surface area contributed by atoms with E-state index in [0.29, 0.717) is 5.56 Å². The molecule has 0 aliphatic carbocycles. The third-order valence-corrected chi connectivity index (χ3v) is 3.16. The van der Waals surface area contributed by atoms with Crippen molar-refractivity contribution >= 4 is 5.97 Å². The first-order chi connectivity index (χ1) is 9.15. The second kappa shape index (κ2) is 8.70. The Morgan fingerprint density at radius 1 is 1.21 bits per heavy atom. The normalized spacial score (nSPS) is 14.0. The molecule has 0 aromatic heterocycles. The lowest BCUT2D eigenvalue weighted by atomic mass is 10.1. The zero-order valence-electron chi connectivity index (χ0n) is 11.8. The van der Waals surface area contributed by atoms with Gasteiger partial charge in [0.05, 0.1) is 6.10 Å². The second-order valence-electron chi connectivity index (χ2n) is 4.92. The molecule has 1 N–H and O–H groups in total. The van der Waals surface area contributed by atoms with Gasteiger partial charge in [-0.2, -0.15) is 0 Å². The van der Waals surface area contributed by atoms with E-state index in [2.05, 4.69) is 6.92 Å². The van der Waals surface area contributed by atoms with Crippen molar-refractivity contribution in [2.75, 3.05) is 0 Å². The summed E-state index contributed by atoms with van der Waals surface area (Å²) in [5, 5.41) is 9.26. The summed E-state index contributed by atoms with van der Waals surface area (Å²) in [6.45, 7) is 4.13. The monoisotopic (exact) mass is 264 g/mol. The van der Waals surface area contributed by atoms with Crippen molar-refractivity contribution in [2.24, 2.45) is 0 Å². The second-order valence-corrected chi connectivity index (χ2v) is 4.92. The molecule has 2 atom stereocenters. The Bertz CT molecular complexity index is 362. The zero-order chi connectivity index (χ0) is 14.1. The molecule has 3 nitrogen and oxygen atoms in total. The van der Waals surface area contributed by atoms with Crippen molar-refractivity contribution in [3.63, 3.8) is 0 Å². The fourth-order valence-electron chi connectivity index (χ4n) is 2.07. The Morgan fingerprint density at radius 2 is 1.89 bits per heavy atom. The largest absolute Gasteiger partial charge is 0.479 e. The highest BCUT2D eigenvalue weighted by Crippen LogP contribution is 2.21. The van der Waals surface area contributed by atoms with Gasteiger partial charge in [0.25, 0.3) is 0 Å². The van der Waals surface area contributed by atoms with Gasteiger partial charge in [0.1, 0.15) is 0 Å². The maximum Gasteiger partial charge on any atom is 0.337 e. The van der Waals surface area contributed by atoms with E-state index in [0.717, 1.165) is 12.8 Å². The Labute approximate surface area is 115 Å². The third kappa shape index (κ3) is 5.88. The van der Waals surface area contributed by atoms with Gasteiger partial charge in [0, 0.05) is 0 Å². The van der Waals surface area contributed by atoms with Crippen molar-refractivity contribution in [1.29, 1.82) is 0 Å². The van der Waals surface area contributed by atoms with Crippen molar-refractivity contribution in [2.45, 2.75) is 58.2 Å². The van der Waals surface area contributed by atoms with Crippen LogP contribution in [0.1, 0.15) is 57.6 Å². The molecule has 0 spiro atoms. The first kappa shape index (κ1) is 15.7. The van der Waals surface area contributed by atoms with Gasteiger partial charge in [-0.3, -0.25) is 0 Å². The molecule has 2 unspecified atom stereocenters. The average molecular weight is 264 g/mol. The van der Waals surface area contributed by atoms with Crippen LogP contribution in [0.3, 0.4) is 0 Å². The Kier molecular flexibility index (Phi) is 7.19. The molecular weight excluding hydrogens is 240 g/mol. The lowest BCUT2D eigenvalue weighted by Crippen LogP contribution is -2.20. The van der Waals surface area contributed by atoms with Gasteiger partial charge in [-0.25, -0.2) is 4.79 Å². The molecule has 0 radical (unpaired) electrons. The number of rotatable bonds is 9. The highest BCUT2D eigenvalue weighted by molar-refractivity contribution is 5.74. The number of carboxylic acids is 1. The molecule has 0 saturated heterocycles. The first-order valence-electron chi connectivity index (χ1n) is 7.08. The molecule has 0 bridgehead atoms. The summed E-state index contributed by atoms with van der Waals surface area (Å²) in [7, 11) is 0. The highest BCUT2D eigenvalue weighted by Gasteiger charge is 2.22. The lowest BCUT2D eigenvalue weighted by Gasteiger charge is -2.19. The minimum atomic E-state index is -0.924. The SMILES string of the molecule is CCCCCCC(C)OC(C(=O)O)c1ccccc1. The van der Waals surface area contributed by atoms with Crippen LogP contribution in [0, 0.1) is 0 Å². The number of benzene rings is 1. The Balaban J connectivity index is 2.48. The zero-order valence-corrected chi connectivity index (χ0v) is 11.8. The number of carboxylic acid groups (broad SMARTS) is 1. The molecule has 1 aromatic carbocycles. The number of ether oxygens (including phenoxy) is 1. The van der Waals surface area contributed by atoms with Gasteiger partial charge in [-0.05, 0) is 18.9 Å². The smallest absolute Gasteiger partial charge is 0.337 e. The summed E-state index contributed by atoms with van der Waals surface area (Å²) in [5.41, 5.74) is 0.704. The van der Waals surface area contributed by atoms with Gasteiger partial charge >= 0.3 is 5.97 Å². The van der Waals surface area contributed by atoms with E-state index in [1.54, 1.807) is 12.1 Å². The van der Waals surface area contributed by atoms with Crippen LogP contribution in [0.15, 0.2) is 30.3 Å². The van der Waals surface area contributed by atoms with E-state index in [-0.39, 0.29) is 6.10 Å². The standard InChI is InChI=1S/C16H24O3/c1-3-4-5-7-10-13(2)19-15(16(17)18)14-11-8-6-9-12-14/h6,8-9,11-13,15H,3-5,7,10H2,1-2H3,(H,17,18). The van der Waals surface area contributed by atoms with E-state index >= 15 is 0 Å². The summed E-state index contributed by atoms with van der Waals surface area (Å²) < 4.78 is 5.68. The summed E-state index contributed by atoms with van der Waals surface area (Å²) in [6.07, 6.45) is 4.74. The molecule has 0 amide bonds. The van der Waals surface area contributed by atoms with Crippen molar-refractivity contribution < 1.29 is 14.6 Å². The summed E-state index contributed by atoms with van der Waals surface area (Å²) in [6, 6.07) is 9.13. The molecular formula is C16H24O3. The number of unbranched alkanes of at least 4 members (excludes halogenated alkanes) is 3. The summed E-state index contributed by atoms with van der Waals surface area (Å²) in [5.74, 6) is -0.924. The fourth-order valence-corrected chi connectivity index (χ4v) is 2.07. The molecule has 0 aliphatic rings. The minimum Gasteiger partial charge on any atom is -0.479 e. The number of carbonyl (C=O) groups is 1.